The lowest BCUT2D eigenvalue weighted by Gasteiger charge is -2.13. The van der Waals surface area contributed by atoms with Gasteiger partial charge in [0.1, 0.15) is 29.6 Å². The smallest absolute Gasteiger partial charge is 0.145 e. The number of rotatable bonds is 4. The maximum atomic E-state index is 13.2. The highest BCUT2D eigenvalue weighted by Crippen LogP contribution is 2.25. The number of hydrogen-bond donors (Lipinski definition) is 1. The average Bonchev–Trinajstić information content (AvgIpc) is 2.72. The van der Waals surface area contributed by atoms with Crippen molar-refractivity contribution < 1.29 is 13.8 Å². The fraction of sp³-hybridized carbons (Fsp3) is 0.333. The van der Waals surface area contributed by atoms with Crippen LogP contribution in [0.3, 0.4) is 0 Å². The van der Waals surface area contributed by atoms with Crippen molar-refractivity contribution in [1.29, 1.82) is 0 Å². The molecule has 6 heteroatoms. The quantitative estimate of drug-likeness (QED) is 0.900. The second-order valence-electron chi connectivity index (χ2n) is 4.06. The molecule has 0 bridgehead atoms. The molecule has 1 aromatic heterocycles. The van der Waals surface area contributed by atoms with Gasteiger partial charge >= 0.3 is 0 Å². The third kappa shape index (κ3) is 2.65. The molecule has 2 rings (SSSR count). The number of aryl methyl sites for hydroxylation is 1. The SMILES string of the molecule is Cc1nonc1COc1cc(F)ccc1[C@@H](C)N. The zero-order valence-electron chi connectivity index (χ0n) is 10.2. The topological polar surface area (TPSA) is 74.2 Å². The standard InChI is InChI=1S/C12H14FN3O2/c1-7(14)10-4-3-9(13)5-12(10)17-6-11-8(2)15-18-16-11/h3-5,7H,6,14H2,1-2H3/t7-/m1/s1. The lowest BCUT2D eigenvalue weighted by molar-refractivity contribution is 0.267. The van der Waals surface area contributed by atoms with Crippen LogP contribution in [0.4, 0.5) is 4.39 Å². The van der Waals surface area contributed by atoms with Crippen molar-refractivity contribution in [3.8, 4) is 5.75 Å². The van der Waals surface area contributed by atoms with E-state index in [1.807, 2.05) is 6.92 Å². The first-order chi connectivity index (χ1) is 8.58. The van der Waals surface area contributed by atoms with Crippen LogP contribution in [0.2, 0.25) is 0 Å². The highest BCUT2D eigenvalue weighted by atomic mass is 19.1. The molecule has 0 aliphatic heterocycles. The van der Waals surface area contributed by atoms with Crippen LogP contribution in [0.5, 0.6) is 5.75 Å². The van der Waals surface area contributed by atoms with Crippen LogP contribution in [0, 0.1) is 12.7 Å². The molecule has 0 saturated heterocycles. The predicted octanol–water partition coefficient (Wildman–Crippen LogP) is 2.12. The molecule has 2 N–H and O–H groups in total. The maximum absolute atomic E-state index is 13.2. The first-order valence-electron chi connectivity index (χ1n) is 5.54. The minimum atomic E-state index is -0.371. The number of nitrogens with zero attached hydrogens (tertiary/aromatic N) is 2. The Labute approximate surface area is 104 Å². The minimum Gasteiger partial charge on any atom is -0.487 e. The van der Waals surface area contributed by atoms with E-state index >= 15 is 0 Å². The predicted molar refractivity (Wildman–Crippen MR) is 62.4 cm³/mol. The maximum Gasteiger partial charge on any atom is 0.145 e. The fourth-order valence-electron chi connectivity index (χ4n) is 1.54. The summed E-state index contributed by atoms with van der Waals surface area (Å²) < 4.78 is 23.3. The number of benzene rings is 1. The van der Waals surface area contributed by atoms with Gasteiger partial charge in [-0.2, -0.15) is 0 Å². The van der Waals surface area contributed by atoms with Gasteiger partial charge in [0.05, 0.1) is 0 Å². The molecular weight excluding hydrogens is 237 g/mol. The zero-order valence-corrected chi connectivity index (χ0v) is 10.2. The van der Waals surface area contributed by atoms with Gasteiger partial charge in [-0.1, -0.05) is 16.4 Å². The Hall–Kier alpha value is -1.95. The first kappa shape index (κ1) is 12.5. The lowest BCUT2D eigenvalue weighted by Crippen LogP contribution is -2.08. The largest absolute Gasteiger partial charge is 0.487 e. The summed E-state index contributed by atoms with van der Waals surface area (Å²) >= 11 is 0. The molecule has 0 fully saturated rings. The molecule has 1 aromatic carbocycles. The van der Waals surface area contributed by atoms with Crippen molar-refractivity contribution in [2.24, 2.45) is 5.73 Å². The normalized spacial score (nSPS) is 12.4. The van der Waals surface area contributed by atoms with Crippen molar-refractivity contribution in [3.05, 3.63) is 41.0 Å². The Bertz CT molecular complexity index is 540. The molecule has 0 aliphatic rings. The van der Waals surface area contributed by atoms with Gasteiger partial charge in [0.25, 0.3) is 0 Å². The summed E-state index contributed by atoms with van der Waals surface area (Å²) in [6.07, 6.45) is 0. The average molecular weight is 251 g/mol. The molecule has 0 aliphatic carbocycles. The molecule has 0 spiro atoms. The lowest BCUT2D eigenvalue weighted by atomic mass is 10.1. The fourth-order valence-corrected chi connectivity index (χ4v) is 1.54. The number of halogens is 1. The van der Waals surface area contributed by atoms with Gasteiger partial charge in [-0.05, 0) is 19.9 Å². The second-order valence-corrected chi connectivity index (χ2v) is 4.06. The number of hydrogen-bond acceptors (Lipinski definition) is 5. The van der Waals surface area contributed by atoms with E-state index in [1.54, 1.807) is 13.0 Å². The molecule has 96 valence electrons. The van der Waals surface area contributed by atoms with Gasteiger partial charge < -0.3 is 10.5 Å². The third-order valence-electron chi connectivity index (χ3n) is 2.58. The number of nitrogens with two attached hydrogens (primary N) is 1. The molecule has 2 aromatic rings. The van der Waals surface area contributed by atoms with E-state index in [0.717, 1.165) is 5.56 Å². The van der Waals surface area contributed by atoms with Gasteiger partial charge in [0.15, 0.2) is 0 Å². The molecule has 5 nitrogen and oxygen atoms in total. The molecule has 18 heavy (non-hydrogen) atoms. The number of aromatic nitrogens is 2. The van der Waals surface area contributed by atoms with Crippen LogP contribution in [0.1, 0.15) is 29.9 Å². The molecule has 0 saturated carbocycles. The Kier molecular flexibility index (Phi) is 3.57. The summed E-state index contributed by atoms with van der Waals surface area (Å²) in [6.45, 7) is 3.73. The van der Waals surface area contributed by atoms with Crippen LogP contribution in [0.25, 0.3) is 0 Å². The van der Waals surface area contributed by atoms with Crippen LogP contribution in [-0.2, 0) is 6.61 Å². The highest BCUT2D eigenvalue weighted by molar-refractivity contribution is 5.36. The van der Waals surface area contributed by atoms with Gasteiger partial charge in [-0.3, -0.25) is 0 Å². The van der Waals surface area contributed by atoms with E-state index in [9.17, 15) is 4.39 Å². The van der Waals surface area contributed by atoms with Crippen molar-refractivity contribution >= 4 is 0 Å². The van der Waals surface area contributed by atoms with E-state index in [0.29, 0.717) is 17.1 Å². The summed E-state index contributed by atoms with van der Waals surface area (Å²) in [5.74, 6) is 0.0387. The highest BCUT2D eigenvalue weighted by Gasteiger charge is 2.12. The third-order valence-corrected chi connectivity index (χ3v) is 2.58. The van der Waals surface area contributed by atoms with Crippen molar-refractivity contribution in [2.75, 3.05) is 0 Å². The van der Waals surface area contributed by atoms with Gasteiger partial charge in [-0.25, -0.2) is 9.02 Å². The molecule has 1 atom stereocenters. The van der Waals surface area contributed by atoms with Crippen LogP contribution in [-0.4, -0.2) is 10.3 Å². The summed E-state index contributed by atoms with van der Waals surface area (Å²) in [7, 11) is 0. The molecule has 1 heterocycles. The summed E-state index contributed by atoms with van der Waals surface area (Å²) in [6, 6.07) is 4.04. The summed E-state index contributed by atoms with van der Waals surface area (Å²) in [5, 5.41) is 7.33. The molecular formula is C12H14FN3O2. The zero-order chi connectivity index (χ0) is 13.1. The Morgan fingerprint density at radius 1 is 1.44 bits per heavy atom. The Morgan fingerprint density at radius 2 is 2.22 bits per heavy atom. The van der Waals surface area contributed by atoms with E-state index in [-0.39, 0.29) is 18.5 Å². The van der Waals surface area contributed by atoms with E-state index < -0.39 is 0 Å². The van der Waals surface area contributed by atoms with E-state index in [1.165, 1.54) is 12.1 Å². The van der Waals surface area contributed by atoms with Crippen LogP contribution in [0.15, 0.2) is 22.8 Å². The number of ether oxygens (including phenoxy) is 1. The Balaban J connectivity index is 2.18. The molecule has 0 radical (unpaired) electrons. The first-order valence-corrected chi connectivity index (χ1v) is 5.54. The van der Waals surface area contributed by atoms with Crippen molar-refractivity contribution in [2.45, 2.75) is 26.5 Å². The monoisotopic (exact) mass is 251 g/mol. The summed E-state index contributed by atoms with van der Waals surface area (Å²) in [4.78, 5) is 0. The van der Waals surface area contributed by atoms with Gasteiger partial charge in [-0.15, -0.1) is 0 Å². The van der Waals surface area contributed by atoms with Gasteiger partial charge in [0.2, 0.25) is 0 Å². The molecule has 0 unspecified atom stereocenters. The van der Waals surface area contributed by atoms with E-state index in [4.69, 9.17) is 10.5 Å². The molecule has 0 amide bonds. The van der Waals surface area contributed by atoms with Crippen LogP contribution >= 0.6 is 0 Å². The van der Waals surface area contributed by atoms with Crippen LogP contribution < -0.4 is 10.5 Å². The van der Waals surface area contributed by atoms with Crippen molar-refractivity contribution in [3.63, 3.8) is 0 Å². The Morgan fingerprint density at radius 3 is 2.83 bits per heavy atom. The van der Waals surface area contributed by atoms with Crippen molar-refractivity contribution in [1.82, 2.24) is 10.3 Å². The second kappa shape index (κ2) is 5.14. The van der Waals surface area contributed by atoms with Gasteiger partial charge in [0, 0.05) is 17.7 Å². The van der Waals surface area contributed by atoms with E-state index in [2.05, 4.69) is 14.9 Å². The summed E-state index contributed by atoms with van der Waals surface area (Å²) in [5.41, 5.74) is 7.76. The minimum absolute atomic E-state index is 0.165.